The summed E-state index contributed by atoms with van der Waals surface area (Å²) in [7, 11) is 0. The molecule has 1 fully saturated rings. The molecule has 3 aromatic rings. The number of carbonyl (C=O) groups is 1. The van der Waals surface area contributed by atoms with E-state index < -0.39 is 0 Å². The minimum absolute atomic E-state index is 0.130. The van der Waals surface area contributed by atoms with Crippen molar-refractivity contribution in [1.29, 1.82) is 5.41 Å². The van der Waals surface area contributed by atoms with Gasteiger partial charge in [-0.1, -0.05) is 24.8 Å². The SMILES string of the molecule is C=CC(=O)N[C@H]1C[C@H](Nc2ncncc2C(=N)c2ccc(Oc3ccccc3)cc2)C1. The topological polar surface area (TPSA) is 100.0 Å². The highest BCUT2D eigenvalue weighted by Crippen LogP contribution is 2.27. The molecule has 0 spiro atoms. The van der Waals surface area contributed by atoms with Gasteiger partial charge in [-0.15, -0.1) is 0 Å². The van der Waals surface area contributed by atoms with E-state index in [1.54, 1.807) is 6.20 Å². The monoisotopic (exact) mass is 413 g/mol. The summed E-state index contributed by atoms with van der Waals surface area (Å²) in [5.41, 5.74) is 1.69. The van der Waals surface area contributed by atoms with E-state index in [2.05, 4.69) is 27.2 Å². The summed E-state index contributed by atoms with van der Waals surface area (Å²) in [6.07, 6.45) is 5.97. The molecule has 2 aromatic carbocycles. The van der Waals surface area contributed by atoms with Crippen LogP contribution in [0.4, 0.5) is 5.82 Å². The number of nitrogens with one attached hydrogen (secondary N) is 3. The molecule has 1 aliphatic rings. The second kappa shape index (κ2) is 9.21. The zero-order valence-corrected chi connectivity index (χ0v) is 16.9. The number of benzene rings is 2. The smallest absolute Gasteiger partial charge is 0.243 e. The molecule has 1 aliphatic carbocycles. The predicted molar refractivity (Wildman–Crippen MR) is 120 cm³/mol. The van der Waals surface area contributed by atoms with Crippen molar-refractivity contribution in [2.45, 2.75) is 24.9 Å². The Hall–Kier alpha value is -4.00. The number of amides is 1. The van der Waals surface area contributed by atoms with Gasteiger partial charge in [-0.2, -0.15) is 0 Å². The Labute approximate surface area is 180 Å². The van der Waals surface area contributed by atoms with Crippen LogP contribution in [0.15, 0.2) is 79.8 Å². The maximum Gasteiger partial charge on any atom is 0.243 e. The third-order valence-electron chi connectivity index (χ3n) is 5.11. The zero-order chi connectivity index (χ0) is 21.6. The number of hydrogen-bond donors (Lipinski definition) is 3. The predicted octanol–water partition coefficient (Wildman–Crippen LogP) is 3.93. The summed E-state index contributed by atoms with van der Waals surface area (Å²) in [6.45, 7) is 3.47. The van der Waals surface area contributed by atoms with Crippen LogP contribution in [-0.4, -0.2) is 33.7 Å². The molecule has 1 amide bonds. The Balaban J connectivity index is 1.41. The molecule has 0 bridgehead atoms. The second-order valence-electron chi connectivity index (χ2n) is 7.32. The van der Waals surface area contributed by atoms with Crippen molar-refractivity contribution in [3.05, 3.63) is 90.9 Å². The van der Waals surface area contributed by atoms with E-state index in [4.69, 9.17) is 10.1 Å². The Kier molecular flexibility index (Phi) is 6.03. The van der Waals surface area contributed by atoms with Crippen molar-refractivity contribution < 1.29 is 9.53 Å². The number of ether oxygens (including phenoxy) is 1. The van der Waals surface area contributed by atoms with Crippen molar-refractivity contribution in [1.82, 2.24) is 15.3 Å². The van der Waals surface area contributed by atoms with E-state index >= 15 is 0 Å². The molecule has 1 aromatic heterocycles. The highest BCUT2D eigenvalue weighted by Gasteiger charge is 2.30. The summed E-state index contributed by atoms with van der Waals surface area (Å²) in [6, 6.07) is 17.2. The maximum absolute atomic E-state index is 11.4. The van der Waals surface area contributed by atoms with Gasteiger partial charge in [-0.25, -0.2) is 9.97 Å². The molecule has 1 heterocycles. The number of rotatable bonds is 8. The fourth-order valence-electron chi connectivity index (χ4n) is 3.40. The van der Waals surface area contributed by atoms with Gasteiger partial charge in [-0.3, -0.25) is 10.2 Å². The van der Waals surface area contributed by atoms with Crippen LogP contribution in [0.3, 0.4) is 0 Å². The van der Waals surface area contributed by atoms with Crippen molar-refractivity contribution in [3.63, 3.8) is 0 Å². The molecule has 1 saturated carbocycles. The summed E-state index contributed by atoms with van der Waals surface area (Å²) < 4.78 is 5.82. The van der Waals surface area contributed by atoms with Gasteiger partial charge in [0.1, 0.15) is 23.6 Å². The summed E-state index contributed by atoms with van der Waals surface area (Å²) >= 11 is 0. The molecule has 3 N–H and O–H groups in total. The van der Waals surface area contributed by atoms with Crippen molar-refractivity contribution in [2.24, 2.45) is 0 Å². The Bertz CT molecular complexity index is 1080. The summed E-state index contributed by atoms with van der Waals surface area (Å²) in [5.74, 6) is 1.92. The van der Waals surface area contributed by atoms with Crippen LogP contribution < -0.4 is 15.4 Å². The van der Waals surface area contributed by atoms with Gasteiger partial charge in [0.2, 0.25) is 5.91 Å². The third kappa shape index (κ3) is 4.95. The van der Waals surface area contributed by atoms with Crippen LogP contribution in [0.1, 0.15) is 24.0 Å². The van der Waals surface area contributed by atoms with Crippen LogP contribution >= 0.6 is 0 Å². The lowest BCUT2D eigenvalue weighted by Crippen LogP contribution is -2.49. The molecule has 0 saturated heterocycles. The molecule has 0 unspecified atom stereocenters. The molecule has 31 heavy (non-hydrogen) atoms. The van der Waals surface area contributed by atoms with Gasteiger partial charge in [0, 0.05) is 23.8 Å². The van der Waals surface area contributed by atoms with E-state index in [0.29, 0.717) is 22.8 Å². The van der Waals surface area contributed by atoms with Gasteiger partial charge >= 0.3 is 0 Å². The molecule has 0 aliphatic heterocycles. The Morgan fingerprint density at radius 2 is 1.77 bits per heavy atom. The first-order valence-corrected chi connectivity index (χ1v) is 10.0. The van der Waals surface area contributed by atoms with Crippen LogP contribution in [0, 0.1) is 5.41 Å². The van der Waals surface area contributed by atoms with Gasteiger partial charge in [-0.05, 0) is 55.3 Å². The maximum atomic E-state index is 11.4. The average molecular weight is 413 g/mol. The van der Waals surface area contributed by atoms with Crippen molar-refractivity contribution >= 4 is 17.4 Å². The number of hydrogen-bond acceptors (Lipinski definition) is 6. The number of para-hydroxylation sites is 1. The highest BCUT2D eigenvalue weighted by atomic mass is 16.5. The molecule has 7 nitrogen and oxygen atoms in total. The van der Waals surface area contributed by atoms with Crippen molar-refractivity contribution in [2.75, 3.05) is 5.32 Å². The summed E-state index contributed by atoms with van der Waals surface area (Å²) in [5, 5.41) is 14.9. The van der Waals surface area contributed by atoms with E-state index in [9.17, 15) is 4.79 Å². The number of nitrogens with zero attached hydrogens (tertiary/aromatic N) is 2. The van der Waals surface area contributed by atoms with Crippen LogP contribution in [0.25, 0.3) is 0 Å². The van der Waals surface area contributed by atoms with Gasteiger partial charge in [0.05, 0.1) is 11.3 Å². The summed E-state index contributed by atoms with van der Waals surface area (Å²) in [4.78, 5) is 19.8. The first-order chi connectivity index (χ1) is 15.1. The lowest BCUT2D eigenvalue weighted by molar-refractivity contribution is -0.117. The molecule has 7 heteroatoms. The number of carbonyl (C=O) groups excluding carboxylic acids is 1. The van der Waals surface area contributed by atoms with Gasteiger partial charge in [0.25, 0.3) is 0 Å². The fourth-order valence-corrected chi connectivity index (χ4v) is 3.40. The van der Waals surface area contributed by atoms with E-state index in [0.717, 1.165) is 24.2 Å². The lowest BCUT2D eigenvalue weighted by atomic mass is 9.86. The second-order valence-corrected chi connectivity index (χ2v) is 7.32. The highest BCUT2D eigenvalue weighted by molar-refractivity contribution is 6.13. The zero-order valence-electron chi connectivity index (χ0n) is 16.9. The van der Waals surface area contributed by atoms with E-state index in [1.165, 1.54) is 12.4 Å². The Morgan fingerprint density at radius 3 is 2.48 bits per heavy atom. The van der Waals surface area contributed by atoms with Crippen LogP contribution in [0.5, 0.6) is 11.5 Å². The van der Waals surface area contributed by atoms with E-state index in [-0.39, 0.29) is 18.0 Å². The van der Waals surface area contributed by atoms with Crippen LogP contribution in [0.2, 0.25) is 0 Å². The standard InChI is InChI=1S/C24H23N5O2/c1-2-22(30)28-17-12-18(13-17)29-24-21(14-26-15-27-24)23(25)16-8-10-20(11-9-16)31-19-6-4-3-5-7-19/h2-11,14-15,17-18,25H,1,12-13H2,(H,28,30)(H,26,27,29)/t17-,18-. The largest absolute Gasteiger partial charge is 0.457 e. The normalized spacial score (nSPS) is 17.2. The molecule has 0 atom stereocenters. The van der Waals surface area contributed by atoms with Gasteiger partial charge in [0.15, 0.2) is 0 Å². The molecular weight excluding hydrogens is 390 g/mol. The number of anilines is 1. The molecular formula is C24H23N5O2. The lowest BCUT2D eigenvalue weighted by Gasteiger charge is -2.36. The average Bonchev–Trinajstić information content (AvgIpc) is 2.78. The molecule has 156 valence electrons. The van der Waals surface area contributed by atoms with Gasteiger partial charge < -0.3 is 15.4 Å². The Morgan fingerprint density at radius 1 is 1.06 bits per heavy atom. The fraction of sp³-hybridized carbons (Fsp3) is 0.167. The minimum Gasteiger partial charge on any atom is -0.457 e. The van der Waals surface area contributed by atoms with Crippen molar-refractivity contribution in [3.8, 4) is 11.5 Å². The first kappa shape index (κ1) is 20.3. The van der Waals surface area contributed by atoms with E-state index in [1.807, 2.05) is 54.6 Å². The minimum atomic E-state index is -0.160. The number of aromatic nitrogens is 2. The molecule has 4 rings (SSSR count). The van der Waals surface area contributed by atoms with Crippen LogP contribution in [-0.2, 0) is 4.79 Å². The first-order valence-electron chi connectivity index (χ1n) is 10.0. The third-order valence-corrected chi connectivity index (χ3v) is 5.11. The quantitative estimate of drug-likeness (QED) is 0.384. The molecule has 0 radical (unpaired) electrons.